The van der Waals surface area contributed by atoms with Crippen LogP contribution in [-0.2, 0) is 6.42 Å². The fourth-order valence-corrected chi connectivity index (χ4v) is 2.90. The number of rotatable bonds is 4. The van der Waals surface area contributed by atoms with Crippen LogP contribution in [0.15, 0.2) is 40.9 Å². The summed E-state index contributed by atoms with van der Waals surface area (Å²) in [6.45, 7) is 0. The number of nitrogens with one attached hydrogen (secondary N) is 1. The summed E-state index contributed by atoms with van der Waals surface area (Å²) in [6, 6.07) is 9.53. The van der Waals surface area contributed by atoms with Gasteiger partial charge in [-0.15, -0.1) is 0 Å². The average Bonchev–Trinajstić information content (AvgIpc) is 2.42. The molecule has 2 aromatic carbocycles. The molecule has 0 aliphatic rings. The van der Waals surface area contributed by atoms with Gasteiger partial charge >= 0.3 is 0 Å². The van der Waals surface area contributed by atoms with Crippen molar-refractivity contribution in [2.75, 3.05) is 0 Å². The first-order chi connectivity index (χ1) is 9.52. The summed E-state index contributed by atoms with van der Waals surface area (Å²) in [7, 11) is 0. The van der Waals surface area contributed by atoms with Gasteiger partial charge in [-0.25, -0.2) is 4.39 Å². The second kappa shape index (κ2) is 6.87. The summed E-state index contributed by atoms with van der Waals surface area (Å²) in [4.78, 5) is 0. The Labute approximate surface area is 135 Å². The van der Waals surface area contributed by atoms with Crippen LogP contribution in [-0.4, -0.2) is 0 Å². The van der Waals surface area contributed by atoms with E-state index in [-0.39, 0.29) is 5.82 Å². The number of benzene rings is 2. The van der Waals surface area contributed by atoms with Crippen molar-refractivity contribution in [1.82, 2.24) is 5.43 Å². The SMILES string of the molecule is NNC(Cc1c(Cl)cccc1Cl)c1cc(Br)ccc1F. The summed E-state index contributed by atoms with van der Waals surface area (Å²) >= 11 is 15.6. The first-order valence-electron chi connectivity index (χ1n) is 5.87. The van der Waals surface area contributed by atoms with Crippen LogP contribution in [0.25, 0.3) is 0 Å². The molecule has 0 saturated heterocycles. The molecule has 3 N–H and O–H groups in total. The van der Waals surface area contributed by atoms with Crippen LogP contribution < -0.4 is 11.3 Å². The molecule has 0 aliphatic heterocycles. The van der Waals surface area contributed by atoms with E-state index in [4.69, 9.17) is 29.0 Å². The highest BCUT2D eigenvalue weighted by Gasteiger charge is 2.18. The molecule has 106 valence electrons. The Morgan fingerprint density at radius 2 is 1.85 bits per heavy atom. The monoisotopic (exact) mass is 376 g/mol. The Kier molecular flexibility index (Phi) is 5.41. The molecule has 0 aliphatic carbocycles. The molecule has 20 heavy (non-hydrogen) atoms. The Morgan fingerprint density at radius 1 is 1.20 bits per heavy atom. The Balaban J connectivity index is 2.36. The van der Waals surface area contributed by atoms with Gasteiger partial charge in [-0.1, -0.05) is 45.2 Å². The standard InChI is InChI=1S/C14H12BrCl2FN2/c15-8-4-5-13(18)10(6-8)14(20-19)7-9-11(16)2-1-3-12(9)17/h1-6,14,20H,7,19H2. The van der Waals surface area contributed by atoms with E-state index < -0.39 is 6.04 Å². The molecular weight excluding hydrogens is 366 g/mol. The van der Waals surface area contributed by atoms with Gasteiger partial charge in [0.15, 0.2) is 0 Å². The maximum atomic E-state index is 13.9. The number of nitrogens with two attached hydrogens (primary N) is 1. The van der Waals surface area contributed by atoms with Crippen molar-refractivity contribution in [2.24, 2.45) is 5.84 Å². The van der Waals surface area contributed by atoms with E-state index in [0.717, 1.165) is 10.0 Å². The second-order valence-corrected chi connectivity index (χ2v) is 6.02. The first-order valence-corrected chi connectivity index (χ1v) is 7.41. The van der Waals surface area contributed by atoms with Crippen molar-refractivity contribution in [2.45, 2.75) is 12.5 Å². The molecule has 0 heterocycles. The van der Waals surface area contributed by atoms with Crippen molar-refractivity contribution >= 4 is 39.1 Å². The highest BCUT2D eigenvalue weighted by atomic mass is 79.9. The van der Waals surface area contributed by atoms with Gasteiger partial charge in [0, 0.05) is 20.1 Å². The predicted octanol–water partition coefficient (Wildman–Crippen LogP) is 4.64. The lowest BCUT2D eigenvalue weighted by molar-refractivity contribution is 0.510. The number of hydrogen-bond donors (Lipinski definition) is 2. The number of hydrazine groups is 1. The van der Waals surface area contributed by atoms with Gasteiger partial charge < -0.3 is 0 Å². The Bertz CT molecular complexity index is 602. The third-order valence-corrected chi connectivity index (χ3v) is 4.21. The zero-order chi connectivity index (χ0) is 14.7. The van der Waals surface area contributed by atoms with Crippen molar-refractivity contribution in [3.05, 3.63) is 67.9 Å². The largest absolute Gasteiger partial charge is 0.271 e. The van der Waals surface area contributed by atoms with Crippen LogP contribution in [0.2, 0.25) is 10.0 Å². The highest BCUT2D eigenvalue weighted by molar-refractivity contribution is 9.10. The molecule has 2 nitrogen and oxygen atoms in total. The quantitative estimate of drug-likeness (QED) is 0.601. The molecule has 0 amide bonds. The van der Waals surface area contributed by atoms with Gasteiger partial charge in [0.05, 0.1) is 6.04 Å². The van der Waals surface area contributed by atoms with Crippen LogP contribution in [0.4, 0.5) is 4.39 Å². The zero-order valence-corrected chi connectivity index (χ0v) is 13.4. The third kappa shape index (κ3) is 3.51. The van der Waals surface area contributed by atoms with Crippen LogP contribution >= 0.6 is 39.1 Å². The van der Waals surface area contributed by atoms with Crippen molar-refractivity contribution in [3.63, 3.8) is 0 Å². The van der Waals surface area contributed by atoms with Gasteiger partial charge in [0.1, 0.15) is 5.82 Å². The first kappa shape index (κ1) is 15.7. The molecule has 2 rings (SSSR count). The zero-order valence-electron chi connectivity index (χ0n) is 10.3. The lowest BCUT2D eigenvalue weighted by Crippen LogP contribution is -2.30. The molecule has 6 heteroatoms. The normalized spacial score (nSPS) is 12.4. The van der Waals surface area contributed by atoms with E-state index in [0.29, 0.717) is 22.0 Å². The molecule has 0 bridgehead atoms. The van der Waals surface area contributed by atoms with E-state index in [1.54, 1.807) is 30.3 Å². The molecular formula is C14H12BrCl2FN2. The van der Waals surface area contributed by atoms with Crippen LogP contribution in [0.3, 0.4) is 0 Å². The molecule has 0 fully saturated rings. The molecule has 0 radical (unpaired) electrons. The second-order valence-electron chi connectivity index (χ2n) is 4.29. The lowest BCUT2D eigenvalue weighted by Gasteiger charge is -2.19. The smallest absolute Gasteiger partial charge is 0.128 e. The summed E-state index contributed by atoms with van der Waals surface area (Å²) in [6.07, 6.45) is 0.391. The molecule has 0 saturated carbocycles. The maximum absolute atomic E-state index is 13.9. The van der Waals surface area contributed by atoms with Crippen molar-refractivity contribution < 1.29 is 4.39 Å². The Morgan fingerprint density at radius 3 is 2.45 bits per heavy atom. The highest BCUT2D eigenvalue weighted by Crippen LogP contribution is 2.30. The van der Waals surface area contributed by atoms with Gasteiger partial charge in [-0.3, -0.25) is 11.3 Å². The van der Waals surface area contributed by atoms with E-state index in [2.05, 4.69) is 21.4 Å². The molecule has 2 aromatic rings. The minimum Gasteiger partial charge on any atom is -0.271 e. The molecule has 1 unspecified atom stereocenters. The Hall–Kier alpha value is -0.650. The van der Waals surface area contributed by atoms with E-state index in [1.165, 1.54) is 6.07 Å². The minimum atomic E-state index is -0.426. The van der Waals surface area contributed by atoms with Crippen molar-refractivity contribution in [1.29, 1.82) is 0 Å². The fourth-order valence-electron chi connectivity index (χ4n) is 1.97. The summed E-state index contributed by atoms with van der Waals surface area (Å²) in [5, 5.41) is 1.07. The summed E-state index contributed by atoms with van der Waals surface area (Å²) in [5.41, 5.74) is 3.80. The third-order valence-electron chi connectivity index (χ3n) is 3.00. The van der Waals surface area contributed by atoms with Crippen LogP contribution in [0.5, 0.6) is 0 Å². The average molecular weight is 378 g/mol. The maximum Gasteiger partial charge on any atom is 0.128 e. The van der Waals surface area contributed by atoms with Gasteiger partial charge in [-0.05, 0) is 42.3 Å². The van der Waals surface area contributed by atoms with Gasteiger partial charge in [-0.2, -0.15) is 0 Å². The minimum absolute atomic E-state index is 0.334. The topological polar surface area (TPSA) is 38.0 Å². The number of hydrogen-bond acceptors (Lipinski definition) is 2. The molecule has 0 aromatic heterocycles. The van der Waals surface area contributed by atoms with Gasteiger partial charge in [0.25, 0.3) is 0 Å². The van der Waals surface area contributed by atoms with E-state index in [1.807, 2.05) is 0 Å². The lowest BCUT2D eigenvalue weighted by atomic mass is 9.99. The predicted molar refractivity (Wildman–Crippen MR) is 84.3 cm³/mol. The molecule has 0 spiro atoms. The van der Waals surface area contributed by atoms with Crippen molar-refractivity contribution in [3.8, 4) is 0 Å². The van der Waals surface area contributed by atoms with E-state index in [9.17, 15) is 4.39 Å². The fraction of sp³-hybridized carbons (Fsp3) is 0.143. The molecule has 1 atom stereocenters. The van der Waals surface area contributed by atoms with Crippen LogP contribution in [0, 0.1) is 5.82 Å². The summed E-state index contributed by atoms with van der Waals surface area (Å²) in [5.74, 6) is 5.22. The van der Waals surface area contributed by atoms with E-state index >= 15 is 0 Å². The van der Waals surface area contributed by atoms with Gasteiger partial charge in [0.2, 0.25) is 0 Å². The number of halogens is 4. The summed E-state index contributed by atoms with van der Waals surface area (Å²) < 4.78 is 14.7. The van der Waals surface area contributed by atoms with Crippen LogP contribution in [0.1, 0.15) is 17.2 Å².